The lowest BCUT2D eigenvalue weighted by atomic mass is 10.2. The third-order valence-corrected chi connectivity index (χ3v) is 3.47. The molecular formula is C11H11BrFN3OS. The van der Waals surface area contributed by atoms with Crippen molar-refractivity contribution in [2.24, 2.45) is 0 Å². The van der Waals surface area contributed by atoms with Crippen molar-refractivity contribution in [1.29, 1.82) is 0 Å². The average Bonchev–Trinajstić information content (AvgIpc) is 2.82. The number of nitrogens with one attached hydrogen (secondary N) is 1. The minimum Gasteiger partial charge on any atom is -0.383 e. The largest absolute Gasteiger partial charge is 0.383 e. The van der Waals surface area contributed by atoms with Crippen molar-refractivity contribution in [3.63, 3.8) is 0 Å². The van der Waals surface area contributed by atoms with Gasteiger partial charge in [-0.15, -0.1) is 0 Å². The number of halogens is 2. The highest BCUT2D eigenvalue weighted by Crippen LogP contribution is 2.25. The van der Waals surface area contributed by atoms with Gasteiger partial charge in [0.05, 0.1) is 11.1 Å². The van der Waals surface area contributed by atoms with Crippen LogP contribution in [-0.4, -0.2) is 29.6 Å². The Balaban J connectivity index is 2.11. The molecule has 0 amide bonds. The first-order valence-electron chi connectivity index (χ1n) is 5.22. The molecule has 0 spiro atoms. The molecule has 2 rings (SSSR count). The van der Waals surface area contributed by atoms with Gasteiger partial charge in [-0.25, -0.2) is 4.39 Å². The van der Waals surface area contributed by atoms with Crippen molar-refractivity contribution in [3.8, 4) is 11.4 Å². The van der Waals surface area contributed by atoms with Gasteiger partial charge in [0.2, 0.25) is 5.13 Å². The van der Waals surface area contributed by atoms with E-state index < -0.39 is 0 Å². The molecule has 1 N–H and O–H groups in total. The van der Waals surface area contributed by atoms with E-state index in [4.69, 9.17) is 4.74 Å². The van der Waals surface area contributed by atoms with Crippen molar-refractivity contribution in [1.82, 2.24) is 9.36 Å². The fourth-order valence-electron chi connectivity index (χ4n) is 1.31. The van der Waals surface area contributed by atoms with Gasteiger partial charge in [0.15, 0.2) is 5.82 Å². The Kier molecular flexibility index (Phi) is 4.62. The number of benzene rings is 1. The fraction of sp³-hybridized carbons (Fsp3) is 0.273. The maximum Gasteiger partial charge on any atom is 0.202 e. The Hall–Kier alpha value is -1.05. The van der Waals surface area contributed by atoms with E-state index in [1.54, 1.807) is 19.2 Å². The van der Waals surface area contributed by atoms with Gasteiger partial charge < -0.3 is 10.1 Å². The molecule has 0 aliphatic heterocycles. The maximum absolute atomic E-state index is 13.1. The molecule has 96 valence electrons. The number of rotatable bonds is 5. The van der Waals surface area contributed by atoms with Crippen LogP contribution >= 0.6 is 27.5 Å². The Labute approximate surface area is 117 Å². The van der Waals surface area contributed by atoms with E-state index in [1.807, 2.05) is 0 Å². The van der Waals surface area contributed by atoms with Crippen molar-refractivity contribution in [2.75, 3.05) is 25.6 Å². The van der Waals surface area contributed by atoms with Gasteiger partial charge in [-0.2, -0.15) is 9.36 Å². The van der Waals surface area contributed by atoms with Crippen molar-refractivity contribution in [3.05, 3.63) is 28.5 Å². The van der Waals surface area contributed by atoms with Crippen LogP contribution in [0.15, 0.2) is 22.7 Å². The summed E-state index contributed by atoms with van der Waals surface area (Å²) in [5.74, 6) is 0.285. The van der Waals surface area contributed by atoms with E-state index >= 15 is 0 Å². The van der Waals surface area contributed by atoms with E-state index in [0.717, 1.165) is 10.7 Å². The normalized spacial score (nSPS) is 10.6. The molecule has 4 nitrogen and oxygen atoms in total. The number of hydrogen-bond donors (Lipinski definition) is 1. The number of hydrogen-bond acceptors (Lipinski definition) is 5. The molecule has 0 saturated carbocycles. The second kappa shape index (κ2) is 6.21. The molecule has 0 radical (unpaired) electrons. The lowest BCUT2D eigenvalue weighted by Crippen LogP contribution is -2.06. The molecule has 7 heteroatoms. The Bertz CT molecular complexity index is 535. The van der Waals surface area contributed by atoms with Crippen molar-refractivity contribution >= 4 is 32.6 Å². The maximum atomic E-state index is 13.1. The molecule has 1 aromatic heterocycles. The monoisotopic (exact) mass is 331 g/mol. The second-order valence-corrected chi connectivity index (χ2v) is 5.08. The molecule has 0 fully saturated rings. The first kappa shape index (κ1) is 13.4. The van der Waals surface area contributed by atoms with E-state index in [1.165, 1.54) is 17.6 Å². The summed E-state index contributed by atoms with van der Waals surface area (Å²) < 4.78 is 22.7. The lowest BCUT2D eigenvalue weighted by Gasteiger charge is -1.99. The number of aromatic nitrogens is 2. The van der Waals surface area contributed by atoms with Crippen LogP contribution in [0.25, 0.3) is 11.4 Å². The smallest absolute Gasteiger partial charge is 0.202 e. The summed E-state index contributed by atoms with van der Waals surface area (Å²) in [6.45, 7) is 1.29. The molecule has 0 aliphatic rings. The number of nitrogens with zero attached hydrogens (tertiary/aromatic N) is 2. The quantitative estimate of drug-likeness (QED) is 0.855. The highest BCUT2D eigenvalue weighted by Gasteiger charge is 2.08. The number of methoxy groups -OCH3 is 1. The van der Waals surface area contributed by atoms with Gasteiger partial charge in [-0.1, -0.05) is 0 Å². The van der Waals surface area contributed by atoms with Crippen LogP contribution in [-0.2, 0) is 4.74 Å². The summed E-state index contributed by atoms with van der Waals surface area (Å²) in [6.07, 6.45) is 0. The lowest BCUT2D eigenvalue weighted by molar-refractivity contribution is 0.211. The topological polar surface area (TPSA) is 47.0 Å². The molecule has 0 bridgehead atoms. The number of ether oxygens (including phenoxy) is 1. The molecule has 18 heavy (non-hydrogen) atoms. The first-order valence-corrected chi connectivity index (χ1v) is 6.79. The van der Waals surface area contributed by atoms with Gasteiger partial charge in [-0.05, 0) is 34.1 Å². The van der Waals surface area contributed by atoms with Crippen molar-refractivity contribution < 1.29 is 9.13 Å². The van der Waals surface area contributed by atoms with Gasteiger partial charge in [0.25, 0.3) is 0 Å². The van der Waals surface area contributed by atoms with Gasteiger partial charge in [-0.3, -0.25) is 0 Å². The molecule has 0 atom stereocenters. The molecule has 0 saturated heterocycles. The summed E-state index contributed by atoms with van der Waals surface area (Å²) in [5.41, 5.74) is 0.777. The SMILES string of the molecule is COCCNc1nc(-c2ccc(F)c(Br)c2)ns1. The minimum atomic E-state index is -0.299. The highest BCUT2D eigenvalue weighted by atomic mass is 79.9. The summed E-state index contributed by atoms with van der Waals surface area (Å²) in [5, 5.41) is 3.82. The standard InChI is InChI=1S/C11H11BrFN3OS/c1-17-5-4-14-11-15-10(16-18-11)7-2-3-9(13)8(12)6-7/h2-3,6H,4-5H2,1H3,(H,14,15,16). The van der Waals surface area contributed by atoms with Crippen molar-refractivity contribution in [2.45, 2.75) is 0 Å². The van der Waals surface area contributed by atoms with Gasteiger partial charge >= 0.3 is 0 Å². The van der Waals surface area contributed by atoms with Crippen LogP contribution in [0.3, 0.4) is 0 Å². The van der Waals surface area contributed by atoms with Gasteiger partial charge in [0.1, 0.15) is 5.82 Å². The second-order valence-electron chi connectivity index (χ2n) is 3.47. The molecule has 2 aromatic rings. The molecule has 0 unspecified atom stereocenters. The summed E-state index contributed by atoms with van der Waals surface area (Å²) in [4.78, 5) is 4.32. The zero-order chi connectivity index (χ0) is 13.0. The Morgan fingerprint density at radius 1 is 1.50 bits per heavy atom. The van der Waals surface area contributed by atoms with E-state index in [-0.39, 0.29) is 5.82 Å². The van der Waals surface area contributed by atoms with E-state index in [2.05, 4.69) is 30.6 Å². The van der Waals surface area contributed by atoms with E-state index in [0.29, 0.717) is 23.4 Å². The van der Waals surface area contributed by atoms with Crippen LogP contribution < -0.4 is 5.32 Å². The minimum absolute atomic E-state index is 0.299. The van der Waals surface area contributed by atoms with Crippen LogP contribution in [0.1, 0.15) is 0 Å². The zero-order valence-corrected chi connectivity index (χ0v) is 12.0. The summed E-state index contributed by atoms with van der Waals surface area (Å²) in [6, 6.07) is 4.70. The predicted molar refractivity (Wildman–Crippen MR) is 73.4 cm³/mol. The fourth-order valence-corrected chi connectivity index (χ4v) is 2.30. The Morgan fingerprint density at radius 2 is 2.33 bits per heavy atom. The van der Waals surface area contributed by atoms with Crippen LogP contribution in [0.5, 0.6) is 0 Å². The summed E-state index contributed by atoms with van der Waals surface area (Å²) >= 11 is 4.41. The number of anilines is 1. The summed E-state index contributed by atoms with van der Waals surface area (Å²) in [7, 11) is 1.64. The molecule has 1 heterocycles. The van der Waals surface area contributed by atoms with Gasteiger partial charge in [0, 0.05) is 30.8 Å². The van der Waals surface area contributed by atoms with Crippen LogP contribution in [0, 0.1) is 5.82 Å². The third-order valence-electron chi connectivity index (χ3n) is 2.19. The first-order chi connectivity index (χ1) is 8.70. The van der Waals surface area contributed by atoms with Crippen LogP contribution in [0.4, 0.5) is 9.52 Å². The third kappa shape index (κ3) is 3.24. The average molecular weight is 332 g/mol. The molecular weight excluding hydrogens is 321 g/mol. The molecule has 0 aliphatic carbocycles. The van der Waals surface area contributed by atoms with E-state index in [9.17, 15) is 4.39 Å². The van der Waals surface area contributed by atoms with Crippen LogP contribution in [0.2, 0.25) is 0 Å². The highest BCUT2D eigenvalue weighted by molar-refractivity contribution is 9.10. The predicted octanol–water partition coefficient (Wildman–Crippen LogP) is 3.17. The Morgan fingerprint density at radius 3 is 3.06 bits per heavy atom. The molecule has 1 aromatic carbocycles. The zero-order valence-electron chi connectivity index (χ0n) is 9.61.